The Morgan fingerprint density at radius 3 is 2.05 bits per heavy atom. The van der Waals surface area contributed by atoms with Crippen LogP contribution in [0.2, 0.25) is 0 Å². The van der Waals surface area contributed by atoms with Crippen molar-refractivity contribution in [3.8, 4) is 0 Å². The van der Waals surface area contributed by atoms with Crippen molar-refractivity contribution in [3.63, 3.8) is 0 Å². The molecule has 2 rings (SSSR count). The van der Waals surface area contributed by atoms with E-state index in [1.165, 1.54) is 17.3 Å². The molecule has 0 saturated carbocycles. The highest BCUT2D eigenvalue weighted by molar-refractivity contribution is 8.15. The molecule has 2 nitrogen and oxygen atoms in total. The second kappa shape index (κ2) is 4.41. The second-order valence-corrected chi connectivity index (χ2v) is 7.62. The van der Waals surface area contributed by atoms with Crippen LogP contribution in [-0.4, -0.2) is 10.2 Å². The first-order valence-corrected chi connectivity index (χ1v) is 7.22. The number of aliphatic hydroxyl groups is 1. The van der Waals surface area contributed by atoms with Gasteiger partial charge in [0, 0.05) is 5.57 Å². The van der Waals surface area contributed by atoms with Gasteiger partial charge in [-0.3, -0.25) is 4.79 Å². The topological polar surface area (TPSA) is 37.3 Å². The zero-order valence-electron chi connectivity index (χ0n) is 12.1. The summed E-state index contributed by atoms with van der Waals surface area (Å²) in [6.07, 6.45) is 0. The van der Waals surface area contributed by atoms with Crippen molar-refractivity contribution >= 4 is 16.9 Å². The van der Waals surface area contributed by atoms with Gasteiger partial charge in [-0.1, -0.05) is 56.8 Å². The SMILES string of the molecule is CC1=C(O)[C@](C)(c2ccc(C(C)(C)C)cc2)SC1=O. The first kappa shape index (κ1) is 14.2. The van der Waals surface area contributed by atoms with Gasteiger partial charge in [0.1, 0.15) is 10.5 Å². The Balaban J connectivity index is 2.42. The van der Waals surface area contributed by atoms with Crippen molar-refractivity contribution in [3.05, 3.63) is 46.7 Å². The maximum atomic E-state index is 11.7. The van der Waals surface area contributed by atoms with Gasteiger partial charge in [0.05, 0.1) is 0 Å². The van der Waals surface area contributed by atoms with Gasteiger partial charge in [0.2, 0.25) is 5.12 Å². The largest absolute Gasteiger partial charge is 0.510 e. The number of hydrogen-bond acceptors (Lipinski definition) is 3. The Morgan fingerprint density at radius 2 is 1.68 bits per heavy atom. The van der Waals surface area contributed by atoms with E-state index in [9.17, 15) is 9.90 Å². The van der Waals surface area contributed by atoms with Crippen LogP contribution in [0.5, 0.6) is 0 Å². The second-order valence-electron chi connectivity index (χ2n) is 6.22. The van der Waals surface area contributed by atoms with E-state index < -0.39 is 4.75 Å². The molecule has 19 heavy (non-hydrogen) atoms. The van der Waals surface area contributed by atoms with E-state index in [4.69, 9.17) is 0 Å². The summed E-state index contributed by atoms with van der Waals surface area (Å²) in [6.45, 7) is 10.1. The first-order valence-electron chi connectivity index (χ1n) is 6.41. The van der Waals surface area contributed by atoms with E-state index in [-0.39, 0.29) is 16.3 Å². The lowest BCUT2D eigenvalue weighted by Crippen LogP contribution is -2.18. The fourth-order valence-electron chi connectivity index (χ4n) is 2.25. The average Bonchev–Trinajstić information content (AvgIpc) is 2.54. The number of aliphatic hydroxyl groups excluding tert-OH is 1. The summed E-state index contributed by atoms with van der Waals surface area (Å²) < 4.78 is -0.641. The predicted octanol–water partition coefficient (Wildman–Crippen LogP) is 4.30. The highest BCUT2D eigenvalue weighted by Crippen LogP contribution is 2.49. The van der Waals surface area contributed by atoms with Gasteiger partial charge >= 0.3 is 0 Å². The van der Waals surface area contributed by atoms with Gasteiger partial charge in [-0.2, -0.15) is 0 Å². The van der Waals surface area contributed by atoms with E-state index in [1.807, 2.05) is 19.1 Å². The fourth-order valence-corrected chi connectivity index (χ4v) is 3.37. The minimum atomic E-state index is -0.641. The summed E-state index contributed by atoms with van der Waals surface area (Å²) in [5, 5.41) is 10.2. The Hall–Kier alpha value is -1.22. The minimum Gasteiger partial charge on any atom is -0.510 e. The lowest BCUT2D eigenvalue weighted by Gasteiger charge is -2.25. The zero-order chi connectivity index (χ0) is 14.4. The fraction of sp³-hybridized carbons (Fsp3) is 0.438. The number of benzene rings is 1. The van der Waals surface area contributed by atoms with Crippen LogP contribution in [0.25, 0.3) is 0 Å². The molecule has 0 unspecified atom stereocenters. The summed E-state index contributed by atoms with van der Waals surface area (Å²) in [4.78, 5) is 11.7. The molecule has 0 aliphatic carbocycles. The molecule has 0 aromatic heterocycles. The van der Waals surface area contributed by atoms with Crippen LogP contribution >= 0.6 is 11.8 Å². The maximum absolute atomic E-state index is 11.7. The highest BCUT2D eigenvalue weighted by Gasteiger charge is 2.43. The zero-order valence-corrected chi connectivity index (χ0v) is 12.9. The van der Waals surface area contributed by atoms with Crippen molar-refractivity contribution in [2.24, 2.45) is 0 Å². The standard InChI is InChI=1S/C16H20O2S/c1-10-13(17)16(5,19-14(10)18)12-8-6-11(7-9-12)15(2,3)4/h6-9,17H,1-5H3/t16-/m0/s1. The smallest absolute Gasteiger partial charge is 0.219 e. The summed E-state index contributed by atoms with van der Waals surface area (Å²) in [7, 11) is 0. The Labute approximate surface area is 118 Å². The quantitative estimate of drug-likeness (QED) is 0.830. The summed E-state index contributed by atoms with van der Waals surface area (Å²) in [5.74, 6) is 0.186. The predicted molar refractivity (Wildman–Crippen MR) is 80.4 cm³/mol. The number of carbonyl (C=O) groups excluding carboxylic acids is 1. The molecule has 3 heteroatoms. The molecule has 102 valence electrons. The first-order chi connectivity index (χ1) is 8.66. The third kappa shape index (κ3) is 2.32. The molecular formula is C16H20O2S. The number of rotatable bonds is 1. The monoisotopic (exact) mass is 276 g/mol. The normalized spacial score (nSPS) is 24.2. The molecular weight excluding hydrogens is 256 g/mol. The van der Waals surface area contributed by atoms with Gasteiger partial charge in [0.15, 0.2) is 0 Å². The van der Waals surface area contributed by atoms with Crippen molar-refractivity contribution in [1.82, 2.24) is 0 Å². The lowest BCUT2D eigenvalue weighted by atomic mass is 9.85. The van der Waals surface area contributed by atoms with E-state index in [0.29, 0.717) is 5.57 Å². The van der Waals surface area contributed by atoms with Crippen molar-refractivity contribution in [1.29, 1.82) is 0 Å². The van der Waals surface area contributed by atoms with E-state index in [0.717, 1.165) is 5.56 Å². The average molecular weight is 276 g/mol. The van der Waals surface area contributed by atoms with Gasteiger partial charge in [-0.15, -0.1) is 0 Å². The Bertz CT molecular complexity index is 549. The molecule has 1 heterocycles. The minimum absolute atomic E-state index is 0.0418. The van der Waals surface area contributed by atoms with E-state index in [2.05, 4.69) is 32.9 Å². The molecule has 0 spiro atoms. The van der Waals surface area contributed by atoms with Crippen LogP contribution in [0.3, 0.4) is 0 Å². The van der Waals surface area contributed by atoms with Crippen LogP contribution in [0.15, 0.2) is 35.6 Å². The molecule has 0 fully saturated rings. The molecule has 1 aliphatic heterocycles. The summed E-state index contributed by atoms with van der Waals surface area (Å²) >= 11 is 1.19. The van der Waals surface area contributed by atoms with Crippen LogP contribution in [0.4, 0.5) is 0 Å². The lowest BCUT2D eigenvalue weighted by molar-refractivity contribution is -0.107. The molecule has 1 aromatic carbocycles. The van der Waals surface area contributed by atoms with Crippen molar-refractivity contribution in [2.75, 3.05) is 0 Å². The molecule has 1 atom stereocenters. The number of carbonyl (C=O) groups is 1. The van der Waals surface area contributed by atoms with Gasteiger partial charge in [-0.05, 0) is 30.4 Å². The third-order valence-electron chi connectivity index (χ3n) is 3.71. The Morgan fingerprint density at radius 1 is 1.16 bits per heavy atom. The van der Waals surface area contributed by atoms with Crippen molar-refractivity contribution < 1.29 is 9.90 Å². The van der Waals surface area contributed by atoms with E-state index >= 15 is 0 Å². The maximum Gasteiger partial charge on any atom is 0.219 e. The third-order valence-corrected chi connectivity index (χ3v) is 5.04. The molecule has 0 bridgehead atoms. The van der Waals surface area contributed by atoms with E-state index in [1.54, 1.807) is 6.92 Å². The molecule has 1 aliphatic rings. The summed E-state index contributed by atoms with van der Waals surface area (Å²) in [5.41, 5.74) is 2.78. The molecule has 1 aromatic rings. The van der Waals surface area contributed by atoms with Crippen LogP contribution < -0.4 is 0 Å². The van der Waals surface area contributed by atoms with Crippen LogP contribution in [0, 0.1) is 0 Å². The molecule has 1 N–H and O–H groups in total. The summed E-state index contributed by atoms with van der Waals surface area (Å²) in [6, 6.07) is 8.17. The van der Waals surface area contributed by atoms with Gasteiger partial charge in [-0.25, -0.2) is 0 Å². The molecule has 0 amide bonds. The number of thioether (sulfide) groups is 1. The van der Waals surface area contributed by atoms with Crippen LogP contribution in [0.1, 0.15) is 45.7 Å². The highest BCUT2D eigenvalue weighted by atomic mass is 32.2. The van der Waals surface area contributed by atoms with Crippen LogP contribution in [-0.2, 0) is 15.0 Å². The molecule has 0 radical (unpaired) electrons. The van der Waals surface area contributed by atoms with Gasteiger partial charge < -0.3 is 5.11 Å². The molecule has 0 saturated heterocycles. The van der Waals surface area contributed by atoms with Crippen molar-refractivity contribution in [2.45, 2.75) is 44.8 Å². The Kier molecular flexibility index (Phi) is 3.29. The van der Waals surface area contributed by atoms with Gasteiger partial charge in [0.25, 0.3) is 0 Å². The number of hydrogen-bond donors (Lipinski definition) is 1.